The van der Waals surface area contributed by atoms with Gasteiger partial charge in [0.1, 0.15) is 0 Å². The van der Waals surface area contributed by atoms with E-state index in [0.717, 1.165) is 33.6 Å². The lowest BCUT2D eigenvalue weighted by Gasteiger charge is -2.23. The number of aromatic amines is 1. The zero-order chi connectivity index (χ0) is 26.1. The molecule has 6 nitrogen and oxygen atoms in total. The predicted molar refractivity (Wildman–Crippen MR) is 151 cm³/mol. The molecule has 0 unspecified atom stereocenters. The quantitative estimate of drug-likeness (QED) is 0.273. The van der Waals surface area contributed by atoms with E-state index < -0.39 is 0 Å². The highest BCUT2D eigenvalue weighted by Gasteiger charge is 2.27. The maximum absolute atomic E-state index is 13.7. The molecule has 2 heterocycles. The molecule has 38 heavy (non-hydrogen) atoms. The van der Waals surface area contributed by atoms with Crippen molar-refractivity contribution >= 4 is 34.8 Å². The number of carbonyl (C=O) groups is 2. The molecule has 2 amide bonds. The average Bonchev–Trinajstić information content (AvgIpc) is 3.36. The van der Waals surface area contributed by atoms with E-state index in [9.17, 15) is 9.59 Å². The van der Waals surface area contributed by atoms with Crippen LogP contribution >= 0.6 is 11.6 Å². The third-order valence-corrected chi connectivity index (χ3v) is 7.06. The van der Waals surface area contributed by atoms with Crippen molar-refractivity contribution in [2.45, 2.75) is 6.42 Å². The Balaban J connectivity index is 1.26. The topological polar surface area (TPSA) is 78.1 Å². The number of halogens is 1. The molecule has 0 bridgehead atoms. The fourth-order valence-corrected chi connectivity index (χ4v) is 5.14. The molecule has 0 fully saturated rings. The van der Waals surface area contributed by atoms with Crippen LogP contribution in [0, 0.1) is 0 Å². The van der Waals surface area contributed by atoms with Gasteiger partial charge < -0.3 is 10.2 Å². The summed E-state index contributed by atoms with van der Waals surface area (Å²) in [4.78, 5) is 28.6. The number of aromatic nitrogens is 2. The standard InChI is InChI=1S/C31H23ClN4O2/c32-27-18-22(34-30(37)24-11-5-4-10-23(24)20-8-2-1-3-9-20)14-15-25(27)31(38)36-17-16-21-19-33-35-29(21)26-12-6-7-13-28(26)36/h1-15,18-19H,16-17H2,(H,33,35)(H,34,37). The minimum absolute atomic E-state index is 0.201. The molecule has 1 aliphatic heterocycles. The normalized spacial score (nSPS) is 12.3. The van der Waals surface area contributed by atoms with Gasteiger partial charge >= 0.3 is 0 Å². The van der Waals surface area contributed by atoms with Crippen molar-refractivity contribution in [2.24, 2.45) is 0 Å². The number of H-pyrrole nitrogens is 1. The lowest BCUT2D eigenvalue weighted by Crippen LogP contribution is -2.32. The van der Waals surface area contributed by atoms with Crippen LogP contribution in [0.25, 0.3) is 22.4 Å². The molecule has 1 aliphatic rings. The molecule has 186 valence electrons. The molecule has 2 N–H and O–H groups in total. The van der Waals surface area contributed by atoms with E-state index in [0.29, 0.717) is 29.8 Å². The van der Waals surface area contributed by atoms with Crippen molar-refractivity contribution in [1.82, 2.24) is 10.2 Å². The van der Waals surface area contributed by atoms with Crippen molar-refractivity contribution in [3.8, 4) is 22.4 Å². The second-order valence-corrected chi connectivity index (χ2v) is 9.46. The van der Waals surface area contributed by atoms with Crippen LogP contribution in [0.2, 0.25) is 5.02 Å². The number of amides is 2. The third kappa shape index (κ3) is 4.35. The number of anilines is 2. The van der Waals surface area contributed by atoms with Crippen LogP contribution < -0.4 is 10.2 Å². The zero-order valence-corrected chi connectivity index (χ0v) is 21.1. The summed E-state index contributed by atoms with van der Waals surface area (Å²) in [6, 6.07) is 30.0. The van der Waals surface area contributed by atoms with Gasteiger partial charge in [0.25, 0.3) is 11.8 Å². The summed E-state index contributed by atoms with van der Waals surface area (Å²) < 4.78 is 0. The Hall–Kier alpha value is -4.68. The van der Waals surface area contributed by atoms with Gasteiger partial charge in [-0.2, -0.15) is 5.10 Å². The third-order valence-electron chi connectivity index (χ3n) is 6.75. The number of nitrogens with zero attached hydrogens (tertiary/aromatic N) is 2. The second-order valence-electron chi connectivity index (χ2n) is 9.05. The summed E-state index contributed by atoms with van der Waals surface area (Å²) in [5.74, 6) is -0.455. The molecular formula is C31H23ClN4O2. The number of rotatable bonds is 4. The van der Waals surface area contributed by atoms with Crippen LogP contribution in [0.15, 0.2) is 103 Å². The molecule has 0 saturated heterocycles. The highest BCUT2D eigenvalue weighted by molar-refractivity contribution is 6.35. The molecule has 7 heteroatoms. The van der Waals surface area contributed by atoms with Crippen LogP contribution in [-0.2, 0) is 6.42 Å². The molecule has 5 aromatic rings. The first-order valence-corrected chi connectivity index (χ1v) is 12.7. The van der Waals surface area contributed by atoms with Crippen LogP contribution in [0.3, 0.4) is 0 Å². The summed E-state index contributed by atoms with van der Waals surface area (Å²) >= 11 is 6.62. The largest absolute Gasteiger partial charge is 0.322 e. The van der Waals surface area contributed by atoms with Crippen LogP contribution in [0.5, 0.6) is 0 Å². The second kappa shape index (κ2) is 10.00. The number of hydrogen-bond donors (Lipinski definition) is 2. The monoisotopic (exact) mass is 518 g/mol. The van der Waals surface area contributed by atoms with Crippen LogP contribution in [0.4, 0.5) is 11.4 Å². The lowest BCUT2D eigenvalue weighted by atomic mass is 9.99. The summed E-state index contributed by atoms with van der Waals surface area (Å²) in [5, 5.41) is 10.4. The van der Waals surface area contributed by atoms with E-state index in [1.165, 1.54) is 0 Å². The Morgan fingerprint density at radius 3 is 2.39 bits per heavy atom. The van der Waals surface area contributed by atoms with E-state index in [-0.39, 0.29) is 16.8 Å². The number of para-hydroxylation sites is 1. The maximum atomic E-state index is 13.7. The van der Waals surface area contributed by atoms with E-state index >= 15 is 0 Å². The first-order chi connectivity index (χ1) is 18.6. The Labute approximate surface area is 224 Å². The van der Waals surface area contributed by atoms with Gasteiger partial charge in [0.05, 0.1) is 28.2 Å². The van der Waals surface area contributed by atoms with Gasteiger partial charge in [-0.1, -0.05) is 78.3 Å². The summed E-state index contributed by atoms with van der Waals surface area (Å²) in [7, 11) is 0. The first kappa shape index (κ1) is 23.7. The molecule has 6 rings (SSSR count). The van der Waals surface area contributed by atoms with Gasteiger partial charge in [0.2, 0.25) is 0 Å². The molecule has 4 aromatic carbocycles. The Morgan fingerprint density at radius 2 is 1.58 bits per heavy atom. The minimum Gasteiger partial charge on any atom is -0.322 e. The lowest BCUT2D eigenvalue weighted by molar-refractivity contribution is 0.0986. The highest BCUT2D eigenvalue weighted by atomic mass is 35.5. The van der Waals surface area contributed by atoms with Gasteiger partial charge in [-0.3, -0.25) is 14.7 Å². The number of carbonyl (C=O) groups excluding carboxylic acids is 2. The van der Waals surface area contributed by atoms with Gasteiger partial charge in [-0.25, -0.2) is 0 Å². The van der Waals surface area contributed by atoms with Gasteiger partial charge in [-0.05, 0) is 53.4 Å². The Bertz CT molecular complexity index is 1660. The first-order valence-electron chi connectivity index (χ1n) is 12.3. The van der Waals surface area contributed by atoms with Crippen molar-refractivity contribution < 1.29 is 9.59 Å². The smallest absolute Gasteiger partial charge is 0.259 e. The van der Waals surface area contributed by atoms with E-state index in [1.54, 1.807) is 35.4 Å². The predicted octanol–water partition coefficient (Wildman–Crippen LogP) is 6.85. The number of hydrogen-bond acceptors (Lipinski definition) is 3. The average molecular weight is 519 g/mol. The van der Waals surface area contributed by atoms with E-state index in [2.05, 4.69) is 15.5 Å². The van der Waals surface area contributed by atoms with Crippen molar-refractivity contribution in [3.05, 3.63) is 125 Å². The molecule has 0 spiro atoms. The fraction of sp³-hybridized carbons (Fsp3) is 0.0645. The molecule has 0 atom stereocenters. The van der Waals surface area contributed by atoms with Gasteiger partial charge in [0.15, 0.2) is 0 Å². The number of fused-ring (bicyclic) bond motifs is 3. The minimum atomic E-state index is -0.254. The van der Waals surface area contributed by atoms with E-state index in [1.807, 2.05) is 72.8 Å². The van der Waals surface area contributed by atoms with Crippen LogP contribution in [-0.4, -0.2) is 28.6 Å². The Kier molecular flexibility index (Phi) is 6.23. The van der Waals surface area contributed by atoms with Crippen molar-refractivity contribution in [1.29, 1.82) is 0 Å². The summed E-state index contributed by atoms with van der Waals surface area (Å²) in [6.45, 7) is 0.494. The van der Waals surface area contributed by atoms with Crippen molar-refractivity contribution in [3.63, 3.8) is 0 Å². The summed E-state index contributed by atoms with van der Waals surface area (Å²) in [6.07, 6.45) is 2.47. The van der Waals surface area contributed by atoms with Crippen LogP contribution in [0.1, 0.15) is 26.3 Å². The summed E-state index contributed by atoms with van der Waals surface area (Å²) in [5.41, 5.74) is 6.93. The Morgan fingerprint density at radius 1 is 0.842 bits per heavy atom. The molecule has 0 aliphatic carbocycles. The molecule has 0 radical (unpaired) electrons. The highest BCUT2D eigenvalue weighted by Crippen LogP contribution is 2.36. The van der Waals surface area contributed by atoms with Crippen molar-refractivity contribution in [2.75, 3.05) is 16.8 Å². The van der Waals surface area contributed by atoms with Gasteiger partial charge in [-0.15, -0.1) is 0 Å². The maximum Gasteiger partial charge on any atom is 0.259 e. The molecule has 0 saturated carbocycles. The number of nitrogens with one attached hydrogen (secondary N) is 2. The molecular weight excluding hydrogens is 496 g/mol. The number of benzene rings is 4. The zero-order valence-electron chi connectivity index (χ0n) is 20.3. The van der Waals surface area contributed by atoms with E-state index in [4.69, 9.17) is 11.6 Å². The fourth-order valence-electron chi connectivity index (χ4n) is 4.88. The molecule has 1 aromatic heterocycles. The van der Waals surface area contributed by atoms with Gasteiger partial charge in [0, 0.05) is 23.4 Å². The SMILES string of the molecule is O=C(Nc1ccc(C(=O)N2CCc3cn[nH]c3-c3ccccc32)c(Cl)c1)c1ccccc1-c1ccccc1.